The molecule has 0 aliphatic heterocycles. The van der Waals surface area contributed by atoms with E-state index in [9.17, 15) is 5.26 Å². The summed E-state index contributed by atoms with van der Waals surface area (Å²) >= 11 is 0. The molecule has 8 rings (SSSR count). The van der Waals surface area contributed by atoms with Crippen molar-refractivity contribution in [3.63, 3.8) is 0 Å². The van der Waals surface area contributed by atoms with E-state index in [2.05, 4.69) is 121 Å². The van der Waals surface area contributed by atoms with Crippen molar-refractivity contribution in [2.24, 2.45) is 0 Å². The molecule has 0 aliphatic rings. The summed E-state index contributed by atoms with van der Waals surface area (Å²) in [5.74, 6) is 1.75. The second-order valence-electron chi connectivity index (χ2n) is 12.1. The van der Waals surface area contributed by atoms with Gasteiger partial charge in [0.1, 0.15) is 5.82 Å². The summed E-state index contributed by atoms with van der Waals surface area (Å²) in [6.07, 6.45) is 0. The summed E-state index contributed by atoms with van der Waals surface area (Å²) in [5, 5.41) is 14.6. The molecule has 0 radical (unpaired) electrons. The van der Waals surface area contributed by atoms with Gasteiger partial charge in [0.15, 0.2) is 5.82 Å². The van der Waals surface area contributed by atoms with Gasteiger partial charge in [0, 0.05) is 32.5 Å². The number of rotatable bonds is 3. The summed E-state index contributed by atoms with van der Waals surface area (Å²) in [7, 11) is 0. The number of nitrogens with zero attached hydrogens (tertiary/aromatic N) is 6. The first-order valence-electron chi connectivity index (χ1n) is 14.7. The Bertz CT molecular complexity index is 2340. The summed E-state index contributed by atoms with van der Waals surface area (Å²) in [6.45, 7) is 6.34. The van der Waals surface area contributed by atoms with Crippen LogP contribution in [0.4, 0.5) is 0 Å². The van der Waals surface area contributed by atoms with Gasteiger partial charge in [-0.25, -0.2) is 4.98 Å². The highest BCUT2D eigenvalue weighted by molar-refractivity contribution is 6.10. The molecular weight excluding hydrogens is 540 g/mol. The van der Waals surface area contributed by atoms with E-state index in [0.29, 0.717) is 23.2 Å². The third-order valence-corrected chi connectivity index (χ3v) is 8.26. The maximum absolute atomic E-state index is 9.99. The second kappa shape index (κ2) is 9.62. The Morgan fingerprint density at radius 2 is 1.05 bits per heavy atom. The van der Waals surface area contributed by atoms with Crippen LogP contribution in [-0.2, 0) is 5.41 Å². The van der Waals surface area contributed by atoms with Gasteiger partial charge in [-0.05, 0) is 42.5 Å². The monoisotopic (exact) mass is 568 g/mol. The Labute approximate surface area is 254 Å². The Morgan fingerprint density at radius 1 is 0.568 bits per heavy atom. The minimum absolute atomic E-state index is 0.356. The number of fused-ring (bicyclic) bond motifs is 6. The van der Waals surface area contributed by atoms with Crippen molar-refractivity contribution in [3.8, 4) is 29.1 Å². The first kappa shape index (κ1) is 25.9. The highest BCUT2D eigenvalue weighted by atomic mass is 15.2. The van der Waals surface area contributed by atoms with Gasteiger partial charge >= 0.3 is 0 Å². The Morgan fingerprint density at radius 3 is 1.52 bits per heavy atom. The molecular formula is C38H28N6. The second-order valence-corrected chi connectivity index (χ2v) is 12.1. The van der Waals surface area contributed by atoms with E-state index in [-0.39, 0.29) is 5.41 Å². The van der Waals surface area contributed by atoms with Crippen LogP contribution in [0.15, 0.2) is 115 Å². The lowest BCUT2D eigenvalue weighted by Crippen LogP contribution is -2.19. The van der Waals surface area contributed by atoms with Crippen molar-refractivity contribution >= 4 is 43.6 Å². The summed E-state index contributed by atoms with van der Waals surface area (Å²) in [5.41, 5.74) is 6.06. The minimum Gasteiger partial charge on any atom is -0.309 e. The summed E-state index contributed by atoms with van der Waals surface area (Å²) in [4.78, 5) is 15.4. The first-order chi connectivity index (χ1) is 21.4. The smallest absolute Gasteiger partial charge is 0.238 e. The lowest BCUT2D eigenvalue weighted by atomic mass is 9.95. The number of nitriles is 1. The molecule has 6 heteroatoms. The van der Waals surface area contributed by atoms with Gasteiger partial charge in [-0.2, -0.15) is 15.2 Å². The molecule has 210 valence electrons. The van der Waals surface area contributed by atoms with Crippen LogP contribution in [0, 0.1) is 11.3 Å². The Kier molecular flexibility index (Phi) is 5.65. The van der Waals surface area contributed by atoms with Gasteiger partial charge in [0.25, 0.3) is 0 Å². The molecule has 8 aromatic rings. The molecule has 3 heterocycles. The lowest BCUT2D eigenvalue weighted by molar-refractivity contribution is 0.540. The van der Waals surface area contributed by atoms with Gasteiger partial charge < -0.3 is 4.57 Å². The van der Waals surface area contributed by atoms with E-state index in [0.717, 1.165) is 54.9 Å². The summed E-state index contributed by atoms with van der Waals surface area (Å²) < 4.78 is 4.38. The molecule has 44 heavy (non-hydrogen) atoms. The van der Waals surface area contributed by atoms with Crippen molar-refractivity contribution in [3.05, 3.63) is 127 Å². The van der Waals surface area contributed by atoms with Crippen molar-refractivity contribution in [2.45, 2.75) is 26.2 Å². The van der Waals surface area contributed by atoms with Gasteiger partial charge in [-0.3, -0.25) is 4.57 Å². The summed E-state index contributed by atoms with van der Waals surface area (Å²) in [6, 6.07) is 41.6. The zero-order chi connectivity index (χ0) is 30.0. The van der Waals surface area contributed by atoms with Gasteiger partial charge in [-0.15, -0.1) is 0 Å². The topological polar surface area (TPSA) is 72.3 Å². The van der Waals surface area contributed by atoms with E-state index < -0.39 is 0 Å². The largest absolute Gasteiger partial charge is 0.309 e. The average Bonchev–Trinajstić information content (AvgIpc) is 3.57. The van der Waals surface area contributed by atoms with E-state index in [1.54, 1.807) is 0 Å². The van der Waals surface area contributed by atoms with Crippen molar-refractivity contribution in [2.75, 3.05) is 0 Å². The van der Waals surface area contributed by atoms with Gasteiger partial charge in [0.2, 0.25) is 5.95 Å². The molecule has 5 aromatic carbocycles. The van der Waals surface area contributed by atoms with E-state index in [1.165, 1.54) is 0 Å². The maximum atomic E-state index is 9.99. The average molecular weight is 569 g/mol. The first-order valence-corrected chi connectivity index (χ1v) is 14.7. The molecule has 0 N–H and O–H groups in total. The third-order valence-electron chi connectivity index (χ3n) is 8.26. The molecule has 0 amide bonds. The molecule has 0 bridgehead atoms. The molecule has 3 aromatic heterocycles. The van der Waals surface area contributed by atoms with Crippen LogP contribution in [0.2, 0.25) is 0 Å². The van der Waals surface area contributed by atoms with E-state index in [1.807, 2.05) is 30.3 Å². The fraction of sp³-hybridized carbons (Fsp3) is 0.105. The van der Waals surface area contributed by atoms with Gasteiger partial charge in [-0.1, -0.05) is 93.6 Å². The Balaban J connectivity index is 1.48. The van der Waals surface area contributed by atoms with Crippen LogP contribution in [0.3, 0.4) is 0 Å². The standard InChI is InChI=1S/C38H28N6/c1-38(2,3)36-40-35(41-37(42-36)44-32-18-10-6-14-27(32)28-15-7-11-19-33(28)44)29-22-24(23-39)20-21-34(29)43-30-16-8-4-12-25(30)26-13-5-9-17-31(26)43/h4-22H,1-3H3. The molecule has 0 fully saturated rings. The predicted octanol–water partition coefficient (Wildman–Crippen LogP) is 8.90. The highest BCUT2D eigenvalue weighted by Crippen LogP contribution is 2.37. The fourth-order valence-corrected chi connectivity index (χ4v) is 6.22. The number of para-hydroxylation sites is 4. The van der Waals surface area contributed by atoms with Crippen molar-refractivity contribution < 1.29 is 0 Å². The zero-order valence-electron chi connectivity index (χ0n) is 24.7. The van der Waals surface area contributed by atoms with Gasteiger partial charge in [0.05, 0.1) is 39.4 Å². The number of hydrogen-bond acceptors (Lipinski definition) is 4. The zero-order valence-corrected chi connectivity index (χ0v) is 24.7. The van der Waals surface area contributed by atoms with E-state index in [4.69, 9.17) is 15.0 Å². The molecule has 0 atom stereocenters. The van der Waals surface area contributed by atoms with Crippen LogP contribution in [0.25, 0.3) is 66.6 Å². The molecule has 6 nitrogen and oxygen atoms in total. The fourth-order valence-electron chi connectivity index (χ4n) is 6.22. The quantitative estimate of drug-likeness (QED) is 0.213. The minimum atomic E-state index is -0.356. The van der Waals surface area contributed by atoms with Crippen LogP contribution in [0.1, 0.15) is 32.2 Å². The third kappa shape index (κ3) is 3.90. The maximum Gasteiger partial charge on any atom is 0.238 e. The van der Waals surface area contributed by atoms with Crippen LogP contribution < -0.4 is 0 Å². The van der Waals surface area contributed by atoms with Crippen LogP contribution >= 0.6 is 0 Å². The van der Waals surface area contributed by atoms with Crippen LogP contribution in [-0.4, -0.2) is 24.1 Å². The lowest BCUT2D eigenvalue weighted by Gasteiger charge is -2.20. The van der Waals surface area contributed by atoms with Crippen LogP contribution in [0.5, 0.6) is 0 Å². The number of benzene rings is 5. The number of aromatic nitrogens is 5. The molecule has 0 saturated carbocycles. The predicted molar refractivity (Wildman–Crippen MR) is 177 cm³/mol. The molecule has 0 spiro atoms. The highest BCUT2D eigenvalue weighted by Gasteiger charge is 2.25. The molecule has 0 unspecified atom stereocenters. The Hall–Kier alpha value is -5.80. The van der Waals surface area contributed by atoms with E-state index >= 15 is 0 Å². The van der Waals surface area contributed by atoms with Crippen molar-refractivity contribution in [1.29, 1.82) is 5.26 Å². The normalized spacial score (nSPS) is 12.0. The van der Waals surface area contributed by atoms with Crippen molar-refractivity contribution in [1.82, 2.24) is 24.1 Å². The SMILES string of the molecule is CC(C)(C)c1nc(-c2cc(C#N)ccc2-n2c3ccccc3c3ccccc32)nc(-n2c3ccccc3c3ccccc32)n1. The molecule has 0 aliphatic carbocycles. The number of hydrogen-bond donors (Lipinski definition) is 0. The molecule has 0 saturated heterocycles.